The van der Waals surface area contributed by atoms with Gasteiger partial charge in [-0.2, -0.15) is 10.5 Å². The number of nitrogens with zero attached hydrogens (tertiary/aromatic N) is 2. The lowest BCUT2D eigenvalue weighted by molar-refractivity contribution is -0.134. The molecular formula is C107H93F7N2O6. The van der Waals surface area contributed by atoms with Crippen molar-refractivity contribution >= 4 is 11.9 Å². The van der Waals surface area contributed by atoms with Crippen molar-refractivity contribution in [3.63, 3.8) is 0 Å². The van der Waals surface area contributed by atoms with Crippen molar-refractivity contribution in [3.05, 3.63) is 358 Å². The monoisotopic (exact) mass is 1630 g/mol. The topological polar surface area (TPSA) is 119 Å². The van der Waals surface area contributed by atoms with Crippen LogP contribution >= 0.6 is 0 Å². The number of esters is 2. The minimum absolute atomic E-state index is 0.109. The minimum atomic E-state index is -1.21. The second-order valence-electron chi connectivity index (χ2n) is 32.6. The fourth-order valence-corrected chi connectivity index (χ4v) is 16.5. The van der Waals surface area contributed by atoms with E-state index in [1.54, 1.807) is 78.9 Å². The number of halogens is 7. The van der Waals surface area contributed by atoms with E-state index in [4.69, 9.17) is 29.5 Å². The van der Waals surface area contributed by atoms with E-state index in [1.165, 1.54) is 136 Å². The summed E-state index contributed by atoms with van der Waals surface area (Å²) in [5, 5.41) is 17.8. The predicted octanol–water partition coefficient (Wildman–Crippen LogP) is 28.3. The Labute approximate surface area is 708 Å². The summed E-state index contributed by atoms with van der Waals surface area (Å²) in [6, 6.07) is 82.6. The van der Waals surface area contributed by atoms with Crippen molar-refractivity contribution in [2.24, 2.45) is 17.8 Å². The van der Waals surface area contributed by atoms with Crippen LogP contribution in [0.25, 0.3) is 77.9 Å². The van der Waals surface area contributed by atoms with E-state index in [9.17, 15) is 35.9 Å². The Hall–Kier alpha value is -13.1. The van der Waals surface area contributed by atoms with Crippen molar-refractivity contribution in [1.29, 1.82) is 10.5 Å². The summed E-state index contributed by atoms with van der Waals surface area (Å²) >= 11 is 0. The van der Waals surface area contributed by atoms with Crippen molar-refractivity contribution in [2.75, 3.05) is 6.79 Å². The fourth-order valence-electron chi connectivity index (χ4n) is 16.5. The molecule has 0 atom stereocenters. The summed E-state index contributed by atoms with van der Waals surface area (Å²) in [4.78, 5) is 25.0. The van der Waals surface area contributed by atoms with Gasteiger partial charge in [0.25, 0.3) is 0 Å². The van der Waals surface area contributed by atoms with Crippen LogP contribution in [-0.4, -0.2) is 18.7 Å². The van der Waals surface area contributed by atoms with Crippen LogP contribution in [0, 0.1) is 88.1 Å². The van der Waals surface area contributed by atoms with Crippen LogP contribution in [0.2, 0.25) is 0 Å². The van der Waals surface area contributed by atoms with Crippen molar-refractivity contribution in [1.82, 2.24) is 0 Å². The normalized spacial score (nSPS) is 16.7. The van der Waals surface area contributed by atoms with Gasteiger partial charge in [-0.25, -0.2) is 30.7 Å². The number of nitriles is 2. The Morgan fingerprint density at radius 2 is 0.615 bits per heavy atom. The third kappa shape index (κ3) is 21.9. The fraction of sp³-hybridized carbons (Fsp3) is 0.234. The van der Waals surface area contributed by atoms with Crippen LogP contribution in [0.5, 0.6) is 23.0 Å². The van der Waals surface area contributed by atoms with E-state index in [0.29, 0.717) is 68.4 Å². The predicted molar refractivity (Wildman–Crippen MR) is 466 cm³/mol. The maximum atomic E-state index is 15.0. The number of hydrogen-bond acceptors (Lipinski definition) is 8. The summed E-state index contributed by atoms with van der Waals surface area (Å²) < 4.78 is 125. The quantitative estimate of drug-likeness (QED) is 0.0320. The second-order valence-corrected chi connectivity index (χ2v) is 32.6. The molecule has 8 nitrogen and oxygen atoms in total. The van der Waals surface area contributed by atoms with Gasteiger partial charge >= 0.3 is 11.9 Å². The molecule has 0 unspecified atom stereocenters. The molecule has 16 rings (SSSR count). The number of ether oxygens (including phenoxy) is 4. The second kappa shape index (κ2) is 39.8. The molecular weight excluding hydrogens is 1540 g/mol. The molecule has 0 N–H and O–H groups in total. The first-order valence-electron chi connectivity index (χ1n) is 41.7. The molecule has 616 valence electrons. The lowest BCUT2D eigenvalue weighted by atomic mass is 9.79. The third-order valence-electron chi connectivity index (χ3n) is 23.9. The molecule has 0 aliphatic heterocycles. The SMILES string of the molecule is CC1CCC(c2ccc(CC(=O)Oc3ccc(-c4cc(F)c(-c5cc(F)c(C#N)c(F)c5)c(F)c4)cc3)cc2)CC1.CC1CCC(c2ccc(CC(=O)Oc3ccc(-c4ccc(-c5ccc(C#N)cc5)c(F)c4)cc3)cc2)CC1.Cc1ccc(-c2ccc(-c3ccc(OCOc4ccc(-c5ccc(C6CCC(C)CC6)cc5)c(F)c4)cc3F)cc2)cc1. The van der Waals surface area contributed by atoms with Gasteiger partial charge in [0.15, 0.2) is 0 Å². The zero-order chi connectivity index (χ0) is 85.3. The van der Waals surface area contributed by atoms with Gasteiger partial charge in [-0.05, 0) is 255 Å². The molecule has 122 heavy (non-hydrogen) atoms. The molecule has 0 spiro atoms. The van der Waals surface area contributed by atoms with E-state index < -0.39 is 40.4 Å². The van der Waals surface area contributed by atoms with Crippen LogP contribution in [0.1, 0.15) is 160 Å². The maximum absolute atomic E-state index is 15.0. The molecule has 3 aliphatic carbocycles. The highest BCUT2D eigenvalue weighted by atomic mass is 19.2. The van der Waals surface area contributed by atoms with Crippen molar-refractivity contribution in [2.45, 2.75) is 135 Å². The number of carbonyl (C=O) groups excluding carboxylic acids is 2. The summed E-state index contributed by atoms with van der Waals surface area (Å²) in [5.74, 6) is -0.624. The van der Waals surface area contributed by atoms with Gasteiger partial charge in [-0.1, -0.05) is 235 Å². The number of hydrogen-bond donors (Lipinski definition) is 0. The van der Waals surface area contributed by atoms with E-state index >= 15 is 4.39 Å². The standard InChI is InChI=1S/C39H36F2O2.C34H27F4NO2.C34H30FNO2/c1-26-3-7-28(8-4-26)30-11-15-32(16-12-30)36-21-19-34(23-38(36)40)42-25-43-35-20-22-37(39(41)24-35)33-17-13-31(14-18-33)29-9-5-27(2)6-10-29;1-20-2-6-22(7-3-20)23-8-4-21(5-9-23)14-33(40)41-27-12-10-24(11-13-27)25-15-31(37)34(32(38)16-25)26-17-29(35)28(19-39)30(36)18-26;1-23-2-8-26(9-3-23)27-10-4-24(5-11-27)20-34(37)38-31-17-14-28(15-18-31)30-16-19-32(33(35)21-30)29-12-6-25(22-36)7-13-29/h3-4,7-8,11-24,27,29H,5-6,9-10,25H2,1-2H3;4-5,8-13,15-18,20,22H,2-3,6-7,14H2,1H3;4-7,10-19,21,23,26H,2-3,8-9,20H2,1H3. The molecule has 0 aromatic heterocycles. The molecule has 3 aliphatic rings. The average molecular weight is 1640 g/mol. The summed E-state index contributed by atoms with van der Waals surface area (Å²) in [6.07, 6.45) is 15.3. The van der Waals surface area contributed by atoms with Gasteiger partial charge in [0.1, 0.15) is 75.4 Å². The highest BCUT2D eigenvalue weighted by Gasteiger charge is 2.25. The molecule has 3 saturated carbocycles. The summed E-state index contributed by atoms with van der Waals surface area (Å²) in [7, 11) is 0. The molecule has 0 saturated heterocycles. The van der Waals surface area contributed by atoms with Gasteiger partial charge < -0.3 is 18.9 Å². The summed E-state index contributed by atoms with van der Waals surface area (Å²) in [5.41, 5.74) is 14.0. The molecule has 3 fully saturated rings. The molecule has 0 amide bonds. The van der Waals surface area contributed by atoms with E-state index in [-0.39, 0.29) is 59.9 Å². The number of rotatable bonds is 20. The van der Waals surface area contributed by atoms with E-state index in [2.05, 4.69) is 94.4 Å². The first-order chi connectivity index (χ1) is 59.1. The highest BCUT2D eigenvalue weighted by Crippen LogP contribution is 2.42. The van der Waals surface area contributed by atoms with E-state index in [1.807, 2.05) is 78.9 Å². The Morgan fingerprint density at radius 1 is 0.311 bits per heavy atom. The molecule has 0 heterocycles. The van der Waals surface area contributed by atoms with Gasteiger partial charge in [-0.3, -0.25) is 9.59 Å². The third-order valence-corrected chi connectivity index (χ3v) is 23.9. The van der Waals surface area contributed by atoms with Crippen LogP contribution in [0.4, 0.5) is 30.7 Å². The van der Waals surface area contributed by atoms with Crippen LogP contribution in [0.3, 0.4) is 0 Å². The molecule has 0 bridgehead atoms. The first kappa shape index (κ1) is 85.3. The number of aryl methyl sites for hydroxylation is 1. The lowest BCUT2D eigenvalue weighted by Crippen LogP contribution is -2.12. The van der Waals surface area contributed by atoms with Gasteiger partial charge in [-0.15, -0.1) is 0 Å². The summed E-state index contributed by atoms with van der Waals surface area (Å²) in [6.45, 7) is 8.84. The number of carbonyl (C=O) groups is 2. The first-order valence-corrected chi connectivity index (χ1v) is 41.7. The Morgan fingerprint density at radius 3 is 1.00 bits per heavy atom. The largest absolute Gasteiger partial charge is 0.457 e. The van der Waals surface area contributed by atoms with Gasteiger partial charge in [0.05, 0.1) is 30.0 Å². The van der Waals surface area contributed by atoms with Crippen molar-refractivity contribution < 1.29 is 59.3 Å². The zero-order valence-corrected chi connectivity index (χ0v) is 68.5. The number of benzene rings is 13. The minimum Gasteiger partial charge on any atom is -0.457 e. The maximum Gasteiger partial charge on any atom is 0.315 e. The Bertz CT molecular complexity index is 5840. The molecule has 15 heteroatoms. The molecule has 13 aromatic carbocycles. The smallest absolute Gasteiger partial charge is 0.315 e. The average Bonchev–Trinajstić information content (AvgIpc) is 0.772. The van der Waals surface area contributed by atoms with Crippen LogP contribution < -0.4 is 18.9 Å². The Kier molecular flexibility index (Phi) is 27.9. The van der Waals surface area contributed by atoms with Crippen molar-refractivity contribution in [3.8, 4) is 113 Å². The van der Waals surface area contributed by atoms with Crippen LogP contribution in [0.15, 0.2) is 273 Å². The van der Waals surface area contributed by atoms with Gasteiger partial charge in [0.2, 0.25) is 6.79 Å². The van der Waals surface area contributed by atoms with E-state index in [0.717, 1.165) is 86.5 Å². The molecule has 13 aromatic rings. The highest BCUT2D eigenvalue weighted by molar-refractivity contribution is 5.79. The lowest BCUT2D eigenvalue weighted by Gasteiger charge is -2.26. The Balaban J connectivity index is 0.000000150. The molecule has 0 radical (unpaired) electrons. The zero-order valence-electron chi connectivity index (χ0n) is 68.5. The van der Waals surface area contributed by atoms with Crippen LogP contribution in [-0.2, 0) is 22.4 Å². The van der Waals surface area contributed by atoms with Gasteiger partial charge in [0, 0.05) is 28.8 Å².